The minimum absolute atomic E-state index is 0.158. The van der Waals surface area contributed by atoms with Crippen molar-refractivity contribution in [1.29, 1.82) is 0 Å². The summed E-state index contributed by atoms with van der Waals surface area (Å²) in [7, 11) is 0. The first-order valence-electron chi connectivity index (χ1n) is 10.1. The number of nitrogens with one attached hydrogen (secondary N) is 2. The lowest BCUT2D eigenvalue weighted by atomic mass is 9.76. The number of fused-ring (bicyclic) bond motifs is 2. The van der Waals surface area contributed by atoms with Crippen molar-refractivity contribution in [1.82, 2.24) is 15.5 Å². The van der Waals surface area contributed by atoms with Gasteiger partial charge in [0.1, 0.15) is 12.1 Å². The largest absolute Gasteiger partial charge is 0.352 e. The average Bonchev–Trinajstić information content (AvgIpc) is 2.85. The maximum Gasteiger partial charge on any atom is 0.325 e. The quantitative estimate of drug-likeness (QED) is 0.635. The summed E-state index contributed by atoms with van der Waals surface area (Å²) >= 11 is 0. The van der Waals surface area contributed by atoms with Crippen LogP contribution in [-0.2, 0) is 21.5 Å². The topological polar surface area (TPSA) is 78.5 Å². The molecule has 1 aliphatic heterocycles. The van der Waals surface area contributed by atoms with Crippen LogP contribution in [-0.4, -0.2) is 35.3 Å². The number of carbonyl (C=O) groups is 3. The summed E-state index contributed by atoms with van der Waals surface area (Å²) in [5.74, 6) is -0.540. The summed E-state index contributed by atoms with van der Waals surface area (Å²) in [5.41, 5.74) is 0.970. The fourth-order valence-corrected chi connectivity index (χ4v) is 4.80. The molecule has 2 aliphatic carbocycles. The van der Waals surface area contributed by atoms with Crippen molar-refractivity contribution in [2.24, 2.45) is 0 Å². The molecule has 1 saturated heterocycles. The second kappa shape index (κ2) is 7.33. The molecule has 1 saturated carbocycles. The van der Waals surface area contributed by atoms with Gasteiger partial charge < -0.3 is 10.6 Å². The highest BCUT2D eigenvalue weighted by Crippen LogP contribution is 2.39. The van der Waals surface area contributed by atoms with Gasteiger partial charge in [-0.25, -0.2) is 4.79 Å². The summed E-state index contributed by atoms with van der Waals surface area (Å²) in [5, 5.41) is 5.93. The molecule has 144 valence electrons. The van der Waals surface area contributed by atoms with Crippen molar-refractivity contribution in [3.8, 4) is 0 Å². The third kappa shape index (κ3) is 3.33. The fourth-order valence-electron chi connectivity index (χ4n) is 4.80. The molecule has 6 nitrogen and oxygen atoms in total. The normalized spacial score (nSPS) is 25.9. The molecule has 0 aromatic heterocycles. The van der Waals surface area contributed by atoms with Crippen LogP contribution in [0, 0.1) is 0 Å². The lowest BCUT2D eigenvalue weighted by molar-refractivity contribution is -0.135. The predicted octanol–water partition coefficient (Wildman–Crippen LogP) is 2.61. The van der Waals surface area contributed by atoms with Crippen LogP contribution in [0.25, 0.3) is 0 Å². The molecule has 27 heavy (non-hydrogen) atoms. The lowest BCUT2D eigenvalue weighted by Gasteiger charge is -2.33. The molecular formula is C21H27N3O3. The molecule has 1 aromatic rings. The number of nitrogens with zero attached hydrogens (tertiary/aromatic N) is 1. The second-order valence-corrected chi connectivity index (χ2v) is 7.99. The first kappa shape index (κ1) is 18.0. The summed E-state index contributed by atoms with van der Waals surface area (Å²) in [6.07, 6.45) is 8.93. The van der Waals surface area contributed by atoms with Crippen molar-refractivity contribution >= 4 is 17.8 Å². The molecular weight excluding hydrogens is 342 g/mol. The van der Waals surface area contributed by atoms with Crippen LogP contribution in [0.4, 0.5) is 4.79 Å². The van der Waals surface area contributed by atoms with Crippen LogP contribution >= 0.6 is 0 Å². The molecule has 1 aromatic carbocycles. The van der Waals surface area contributed by atoms with E-state index in [9.17, 15) is 14.4 Å². The zero-order valence-electron chi connectivity index (χ0n) is 15.6. The molecule has 2 fully saturated rings. The van der Waals surface area contributed by atoms with E-state index in [1.807, 2.05) is 24.3 Å². The van der Waals surface area contributed by atoms with E-state index in [0.29, 0.717) is 6.42 Å². The number of carbonyl (C=O) groups excluding carboxylic acids is 3. The molecule has 1 heterocycles. The van der Waals surface area contributed by atoms with E-state index in [0.717, 1.165) is 54.6 Å². The van der Waals surface area contributed by atoms with Gasteiger partial charge in [-0.1, -0.05) is 49.9 Å². The Labute approximate surface area is 159 Å². The van der Waals surface area contributed by atoms with Crippen molar-refractivity contribution in [2.75, 3.05) is 6.54 Å². The first-order chi connectivity index (χ1) is 13.1. The Morgan fingerprint density at radius 1 is 1.11 bits per heavy atom. The second-order valence-electron chi connectivity index (χ2n) is 7.99. The molecule has 6 heteroatoms. The van der Waals surface area contributed by atoms with Gasteiger partial charge in [0.05, 0.1) is 0 Å². The van der Waals surface area contributed by atoms with Crippen molar-refractivity contribution in [2.45, 2.75) is 69.4 Å². The van der Waals surface area contributed by atoms with Crippen LogP contribution in [0.15, 0.2) is 24.3 Å². The maximum absolute atomic E-state index is 13.2. The Morgan fingerprint density at radius 3 is 2.63 bits per heavy atom. The Morgan fingerprint density at radius 2 is 1.85 bits per heavy atom. The number of aryl methyl sites for hydroxylation is 1. The van der Waals surface area contributed by atoms with Gasteiger partial charge in [-0.05, 0) is 43.2 Å². The molecule has 3 aliphatic rings. The Hall–Kier alpha value is -2.37. The summed E-state index contributed by atoms with van der Waals surface area (Å²) in [6, 6.07) is 7.47. The van der Waals surface area contributed by atoms with Gasteiger partial charge in [0.25, 0.3) is 5.91 Å². The van der Waals surface area contributed by atoms with Crippen molar-refractivity contribution in [3.63, 3.8) is 0 Å². The summed E-state index contributed by atoms with van der Waals surface area (Å²) < 4.78 is 0. The number of imide groups is 1. The van der Waals surface area contributed by atoms with Crippen LogP contribution in [0.5, 0.6) is 0 Å². The third-order valence-corrected chi connectivity index (χ3v) is 6.17. The highest BCUT2D eigenvalue weighted by molar-refractivity contribution is 6.09. The van der Waals surface area contributed by atoms with E-state index in [1.165, 1.54) is 12.8 Å². The molecule has 2 N–H and O–H groups in total. The van der Waals surface area contributed by atoms with E-state index >= 15 is 0 Å². The number of hydrogen-bond donors (Lipinski definition) is 2. The Balaban J connectivity index is 1.48. The van der Waals surface area contributed by atoms with Crippen LogP contribution in [0.1, 0.15) is 62.5 Å². The molecule has 0 radical (unpaired) electrons. The van der Waals surface area contributed by atoms with Crippen LogP contribution in [0.2, 0.25) is 0 Å². The van der Waals surface area contributed by atoms with Gasteiger partial charge in [-0.2, -0.15) is 0 Å². The monoisotopic (exact) mass is 369 g/mol. The fraction of sp³-hybridized carbons (Fsp3) is 0.571. The van der Waals surface area contributed by atoms with Crippen molar-refractivity contribution < 1.29 is 14.4 Å². The van der Waals surface area contributed by atoms with Gasteiger partial charge in [-0.3, -0.25) is 14.5 Å². The molecule has 0 bridgehead atoms. The van der Waals surface area contributed by atoms with Gasteiger partial charge in [0.15, 0.2) is 0 Å². The first-order valence-corrected chi connectivity index (χ1v) is 10.1. The van der Waals surface area contributed by atoms with E-state index in [2.05, 4.69) is 10.6 Å². The third-order valence-electron chi connectivity index (χ3n) is 6.17. The highest BCUT2D eigenvalue weighted by Gasteiger charge is 2.54. The van der Waals surface area contributed by atoms with E-state index in [-0.39, 0.29) is 24.4 Å². The minimum atomic E-state index is -1.01. The zero-order valence-corrected chi connectivity index (χ0v) is 15.6. The Bertz CT molecular complexity index is 755. The SMILES string of the molecule is O=C(CN1C(=O)N[C@]2(CCCc3ccccc32)C1=O)NC1CCCCCC1. The van der Waals surface area contributed by atoms with E-state index in [4.69, 9.17) is 0 Å². The number of amides is 4. The average molecular weight is 369 g/mol. The number of rotatable bonds is 3. The highest BCUT2D eigenvalue weighted by atomic mass is 16.2. The van der Waals surface area contributed by atoms with E-state index in [1.54, 1.807) is 0 Å². The molecule has 4 amide bonds. The predicted molar refractivity (Wildman–Crippen MR) is 101 cm³/mol. The summed E-state index contributed by atoms with van der Waals surface area (Å²) in [4.78, 5) is 39.4. The van der Waals surface area contributed by atoms with Crippen LogP contribution in [0.3, 0.4) is 0 Å². The number of benzene rings is 1. The molecule has 0 unspecified atom stereocenters. The molecule has 1 spiro atoms. The Kier molecular flexibility index (Phi) is 4.89. The standard InChI is InChI=1S/C21H27N3O3/c25-18(22-16-10-3-1-2-4-11-16)14-24-19(26)21(23-20(24)27)13-7-9-15-8-5-6-12-17(15)21/h5-6,8,12,16H,1-4,7,9-11,13-14H2,(H,22,25)(H,23,27)/t21-/m0/s1. The molecule has 4 rings (SSSR count). The number of urea groups is 1. The smallest absolute Gasteiger partial charge is 0.325 e. The van der Waals surface area contributed by atoms with Gasteiger partial charge >= 0.3 is 6.03 Å². The minimum Gasteiger partial charge on any atom is -0.352 e. The van der Waals surface area contributed by atoms with Gasteiger partial charge in [0.2, 0.25) is 5.91 Å². The maximum atomic E-state index is 13.2. The lowest BCUT2D eigenvalue weighted by Crippen LogP contribution is -2.47. The van der Waals surface area contributed by atoms with Crippen LogP contribution < -0.4 is 10.6 Å². The molecule has 1 atom stereocenters. The van der Waals surface area contributed by atoms with E-state index < -0.39 is 11.6 Å². The summed E-state index contributed by atoms with van der Waals surface area (Å²) in [6.45, 7) is -0.203. The van der Waals surface area contributed by atoms with Crippen molar-refractivity contribution in [3.05, 3.63) is 35.4 Å². The van der Waals surface area contributed by atoms with Gasteiger partial charge in [0, 0.05) is 6.04 Å². The van der Waals surface area contributed by atoms with Gasteiger partial charge in [-0.15, -0.1) is 0 Å². The zero-order chi connectivity index (χ0) is 18.9. The number of hydrogen-bond acceptors (Lipinski definition) is 3.